The monoisotopic (exact) mass is 248 g/mol. The summed E-state index contributed by atoms with van der Waals surface area (Å²) in [6, 6.07) is 6.60. The van der Waals surface area contributed by atoms with Crippen molar-refractivity contribution in [2.45, 2.75) is 45.4 Å². The molecule has 0 aliphatic heterocycles. The first-order valence-corrected chi connectivity index (χ1v) is 6.35. The zero-order valence-electron chi connectivity index (χ0n) is 10.9. The van der Waals surface area contributed by atoms with Crippen molar-refractivity contribution in [3.8, 4) is 5.75 Å². The zero-order valence-corrected chi connectivity index (χ0v) is 10.9. The van der Waals surface area contributed by atoms with Crippen molar-refractivity contribution < 1.29 is 9.53 Å². The molecule has 0 bridgehead atoms. The first kappa shape index (κ1) is 12.9. The van der Waals surface area contributed by atoms with Crippen molar-refractivity contribution in [2.24, 2.45) is 5.73 Å². The Bertz CT molecular complexity index is 441. The number of carbonyl (C=O) groups is 1. The SMILES string of the molecule is Cc1ccc(OC(C)C(N)=O)c(CNC2CC2)c1. The third kappa shape index (κ3) is 3.47. The van der Waals surface area contributed by atoms with Gasteiger partial charge >= 0.3 is 0 Å². The molecule has 4 heteroatoms. The number of amides is 1. The van der Waals surface area contributed by atoms with Gasteiger partial charge in [0.2, 0.25) is 0 Å². The van der Waals surface area contributed by atoms with Gasteiger partial charge in [-0.05, 0) is 32.8 Å². The molecule has 2 rings (SSSR count). The lowest BCUT2D eigenvalue weighted by Crippen LogP contribution is -2.31. The van der Waals surface area contributed by atoms with Crippen molar-refractivity contribution in [1.29, 1.82) is 0 Å². The summed E-state index contributed by atoms with van der Waals surface area (Å²) in [5, 5.41) is 3.45. The molecule has 4 nitrogen and oxygen atoms in total. The van der Waals surface area contributed by atoms with E-state index in [4.69, 9.17) is 10.5 Å². The van der Waals surface area contributed by atoms with Gasteiger partial charge in [-0.2, -0.15) is 0 Å². The predicted octanol–water partition coefficient (Wildman–Crippen LogP) is 1.50. The van der Waals surface area contributed by atoms with Gasteiger partial charge in [0.1, 0.15) is 5.75 Å². The molecule has 18 heavy (non-hydrogen) atoms. The van der Waals surface area contributed by atoms with E-state index in [0.717, 1.165) is 17.9 Å². The number of aryl methyl sites for hydroxylation is 1. The fraction of sp³-hybridized carbons (Fsp3) is 0.500. The van der Waals surface area contributed by atoms with Gasteiger partial charge in [-0.3, -0.25) is 4.79 Å². The second kappa shape index (κ2) is 5.40. The van der Waals surface area contributed by atoms with Crippen LogP contribution in [0.5, 0.6) is 5.75 Å². The molecule has 1 saturated carbocycles. The molecular formula is C14H20N2O2. The van der Waals surface area contributed by atoms with Gasteiger partial charge in [0.05, 0.1) is 0 Å². The normalized spacial score (nSPS) is 16.3. The first-order chi connectivity index (χ1) is 8.56. The van der Waals surface area contributed by atoms with Crippen molar-refractivity contribution in [1.82, 2.24) is 5.32 Å². The Kier molecular flexibility index (Phi) is 3.87. The largest absolute Gasteiger partial charge is 0.481 e. The number of nitrogens with two attached hydrogens (primary N) is 1. The number of carbonyl (C=O) groups excluding carboxylic acids is 1. The third-order valence-corrected chi connectivity index (χ3v) is 3.08. The summed E-state index contributed by atoms with van der Waals surface area (Å²) in [6.07, 6.45) is 1.90. The molecule has 1 amide bonds. The molecule has 3 N–H and O–H groups in total. The highest BCUT2D eigenvalue weighted by Crippen LogP contribution is 2.24. The van der Waals surface area contributed by atoms with E-state index in [9.17, 15) is 4.79 Å². The maximum absolute atomic E-state index is 11.0. The zero-order chi connectivity index (χ0) is 13.1. The molecule has 1 unspecified atom stereocenters. The molecule has 1 atom stereocenters. The van der Waals surface area contributed by atoms with Crippen LogP contribution in [-0.4, -0.2) is 18.1 Å². The van der Waals surface area contributed by atoms with E-state index in [1.165, 1.54) is 18.4 Å². The number of ether oxygens (including phenoxy) is 1. The topological polar surface area (TPSA) is 64.3 Å². The lowest BCUT2D eigenvalue weighted by molar-refractivity contribution is -0.124. The van der Waals surface area contributed by atoms with Crippen LogP contribution in [0.4, 0.5) is 0 Å². The van der Waals surface area contributed by atoms with Crippen LogP contribution in [0, 0.1) is 6.92 Å². The summed E-state index contributed by atoms with van der Waals surface area (Å²) in [4.78, 5) is 11.0. The molecule has 0 aromatic heterocycles. The van der Waals surface area contributed by atoms with Gasteiger partial charge in [-0.1, -0.05) is 17.7 Å². The molecule has 0 heterocycles. The lowest BCUT2D eigenvalue weighted by atomic mass is 10.1. The van der Waals surface area contributed by atoms with Gasteiger partial charge in [0.15, 0.2) is 6.10 Å². The quantitative estimate of drug-likeness (QED) is 0.802. The van der Waals surface area contributed by atoms with Gasteiger partial charge in [-0.25, -0.2) is 0 Å². The summed E-state index contributed by atoms with van der Waals surface area (Å²) in [5.41, 5.74) is 7.48. The van der Waals surface area contributed by atoms with Crippen LogP contribution < -0.4 is 15.8 Å². The van der Waals surface area contributed by atoms with E-state index in [-0.39, 0.29) is 0 Å². The first-order valence-electron chi connectivity index (χ1n) is 6.35. The van der Waals surface area contributed by atoms with Gasteiger partial charge in [0.25, 0.3) is 5.91 Å². The Morgan fingerprint density at radius 1 is 1.56 bits per heavy atom. The fourth-order valence-corrected chi connectivity index (χ4v) is 1.75. The van der Waals surface area contributed by atoms with Crippen molar-refractivity contribution in [3.05, 3.63) is 29.3 Å². The van der Waals surface area contributed by atoms with E-state index in [1.54, 1.807) is 6.92 Å². The van der Waals surface area contributed by atoms with Crippen LogP contribution in [0.15, 0.2) is 18.2 Å². The highest BCUT2D eigenvalue weighted by Gasteiger charge is 2.21. The van der Waals surface area contributed by atoms with Crippen LogP contribution in [0.2, 0.25) is 0 Å². The van der Waals surface area contributed by atoms with Crippen LogP contribution in [-0.2, 0) is 11.3 Å². The molecule has 1 aliphatic carbocycles. The molecule has 98 valence electrons. The smallest absolute Gasteiger partial charge is 0.258 e. The van der Waals surface area contributed by atoms with Crippen LogP contribution in [0.25, 0.3) is 0 Å². The summed E-state index contributed by atoms with van der Waals surface area (Å²) >= 11 is 0. The minimum atomic E-state index is -0.604. The highest BCUT2D eigenvalue weighted by molar-refractivity contribution is 5.78. The summed E-state index contributed by atoms with van der Waals surface area (Å²) in [7, 11) is 0. The number of nitrogens with one attached hydrogen (secondary N) is 1. The van der Waals surface area contributed by atoms with Crippen molar-refractivity contribution in [3.63, 3.8) is 0 Å². The average molecular weight is 248 g/mol. The Morgan fingerprint density at radius 3 is 2.89 bits per heavy atom. The summed E-state index contributed by atoms with van der Waals surface area (Å²) in [5.74, 6) is 0.289. The summed E-state index contributed by atoms with van der Waals surface area (Å²) < 4.78 is 5.60. The Hall–Kier alpha value is -1.55. The van der Waals surface area contributed by atoms with E-state index < -0.39 is 12.0 Å². The predicted molar refractivity (Wildman–Crippen MR) is 70.3 cm³/mol. The second-order valence-electron chi connectivity index (χ2n) is 4.93. The van der Waals surface area contributed by atoms with E-state index in [2.05, 4.69) is 11.4 Å². The molecule has 0 spiro atoms. The lowest BCUT2D eigenvalue weighted by Gasteiger charge is -2.16. The van der Waals surface area contributed by atoms with E-state index in [0.29, 0.717) is 6.04 Å². The average Bonchev–Trinajstić information content (AvgIpc) is 3.13. The molecule has 0 saturated heterocycles. The van der Waals surface area contributed by atoms with Crippen LogP contribution >= 0.6 is 0 Å². The minimum Gasteiger partial charge on any atom is -0.481 e. The molecular weight excluding hydrogens is 228 g/mol. The highest BCUT2D eigenvalue weighted by atomic mass is 16.5. The van der Waals surface area contributed by atoms with Crippen molar-refractivity contribution in [2.75, 3.05) is 0 Å². The summed E-state index contributed by atoms with van der Waals surface area (Å²) in [6.45, 7) is 4.48. The molecule has 1 aromatic rings. The molecule has 1 fully saturated rings. The number of hydrogen-bond acceptors (Lipinski definition) is 3. The maximum Gasteiger partial charge on any atom is 0.258 e. The van der Waals surface area contributed by atoms with Gasteiger partial charge in [0, 0.05) is 18.2 Å². The maximum atomic E-state index is 11.0. The standard InChI is InChI=1S/C14H20N2O2/c1-9-3-6-13(18-10(2)14(15)17)11(7-9)8-16-12-4-5-12/h3,6-7,10,12,16H,4-5,8H2,1-2H3,(H2,15,17). The Labute approximate surface area is 108 Å². The van der Waals surface area contributed by atoms with Gasteiger partial charge < -0.3 is 15.8 Å². The second-order valence-corrected chi connectivity index (χ2v) is 4.93. The third-order valence-electron chi connectivity index (χ3n) is 3.08. The molecule has 0 radical (unpaired) electrons. The number of rotatable bonds is 6. The number of primary amides is 1. The Morgan fingerprint density at radius 2 is 2.28 bits per heavy atom. The minimum absolute atomic E-state index is 0.448. The van der Waals surface area contributed by atoms with Crippen molar-refractivity contribution >= 4 is 5.91 Å². The van der Waals surface area contributed by atoms with Crippen LogP contribution in [0.1, 0.15) is 30.9 Å². The van der Waals surface area contributed by atoms with E-state index >= 15 is 0 Å². The molecule has 1 aromatic carbocycles. The fourth-order valence-electron chi connectivity index (χ4n) is 1.75. The number of benzene rings is 1. The van der Waals surface area contributed by atoms with E-state index in [1.807, 2.05) is 19.1 Å². The van der Waals surface area contributed by atoms with Gasteiger partial charge in [-0.15, -0.1) is 0 Å². The number of hydrogen-bond donors (Lipinski definition) is 2. The van der Waals surface area contributed by atoms with Crippen LogP contribution in [0.3, 0.4) is 0 Å². The Balaban J connectivity index is 2.08. The molecule has 1 aliphatic rings.